The van der Waals surface area contributed by atoms with E-state index < -0.39 is 0 Å². The zero-order chi connectivity index (χ0) is 36.1. The summed E-state index contributed by atoms with van der Waals surface area (Å²) in [4.78, 5) is 0. The lowest BCUT2D eigenvalue weighted by Gasteiger charge is -2.43. The maximum absolute atomic E-state index is 10.4. The second-order valence-corrected chi connectivity index (χ2v) is 17.4. The van der Waals surface area contributed by atoms with E-state index in [4.69, 9.17) is 0 Å². The van der Waals surface area contributed by atoms with Gasteiger partial charge < -0.3 is 20.4 Å². The molecule has 52 heavy (non-hydrogen) atoms. The summed E-state index contributed by atoms with van der Waals surface area (Å²) in [7, 11) is 0. The Kier molecular flexibility index (Phi) is 7.74. The molecule has 6 atom stereocenters. The molecule has 4 nitrogen and oxygen atoms in total. The van der Waals surface area contributed by atoms with Gasteiger partial charge in [-0.2, -0.15) is 0 Å². The van der Waals surface area contributed by atoms with Crippen LogP contribution in [0.15, 0.2) is 96.1 Å². The molecule has 5 aliphatic rings. The third-order valence-corrected chi connectivity index (χ3v) is 15.0. The summed E-state index contributed by atoms with van der Waals surface area (Å²) >= 11 is 0. The van der Waals surface area contributed by atoms with E-state index in [2.05, 4.69) is 60.7 Å². The molecule has 0 aromatic heterocycles. The molecule has 4 fully saturated rings. The van der Waals surface area contributed by atoms with Crippen molar-refractivity contribution >= 4 is 0 Å². The molecular formula is C48H52O4. The molecule has 0 saturated heterocycles. The second-order valence-electron chi connectivity index (χ2n) is 17.4. The normalized spacial score (nSPS) is 28.2. The molecule has 4 saturated carbocycles. The van der Waals surface area contributed by atoms with E-state index in [9.17, 15) is 20.4 Å². The molecule has 0 heterocycles. The highest BCUT2D eigenvalue weighted by molar-refractivity contribution is 5.52. The van der Waals surface area contributed by atoms with Crippen molar-refractivity contribution in [2.45, 2.75) is 89.9 Å². The average molecular weight is 693 g/mol. The highest BCUT2D eigenvalue weighted by atomic mass is 16.3. The quantitative estimate of drug-likeness (QED) is 0.162. The van der Waals surface area contributed by atoms with Crippen molar-refractivity contribution in [3.05, 3.63) is 141 Å². The van der Waals surface area contributed by atoms with Crippen molar-refractivity contribution in [3.63, 3.8) is 0 Å². The van der Waals surface area contributed by atoms with Crippen LogP contribution in [-0.2, 0) is 10.8 Å². The highest BCUT2D eigenvalue weighted by Crippen LogP contribution is 2.66. The minimum Gasteiger partial charge on any atom is -0.508 e. The lowest BCUT2D eigenvalue weighted by atomic mass is 9.60. The molecule has 5 aliphatic carbocycles. The monoisotopic (exact) mass is 692 g/mol. The Morgan fingerprint density at radius 2 is 0.750 bits per heavy atom. The number of benzene rings is 4. The Balaban J connectivity index is 0.973. The van der Waals surface area contributed by atoms with Crippen LogP contribution < -0.4 is 0 Å². The number of hydrogen-bond acceptors (Lipinski definition) is 4. The van der Waals surface area contributed by atoms with E-state index in [-0.39, 0.29) is 10.8 Å². The summed E-state index contributed by atoms with van der Waals surface area (Å²) in [5.74, 6) is 4.94. The lowest BCUT2D eigenvalue weighted by Crippen LogP contribution is -2.37. The molecular weight excluding hydrogens is 641 g/mol. The number of fused-ring (bicyclic) bond motifs is 4. The van der Waals surface area contributed by atoms with Gasteiger partial charge in [0.05, 0.1) is 0 Å². The van der Waals surface area contributed by atoms with Gasteiger partial charge in [0.1, 0.15) is 23.0 Å². The second kappa shape index (κ2) is 12.0. The fraction of sp³-hybridized carbons (Fsp3) is 0.417. The van der Waals surface area contributed by atoms with Crippen LogP contribution in [0.2, 0.25) is 0 Å². The number of aromatic hydroxyl groups is 4. The number of phenolic OH excluding ortho intramolecular Hbond substituents is 4. The number of aryl methyl sites for hydroxylation is 4. The first-order valence-corrected chi connectivity index (χ1v) is 19.6. The van der Waals surface area contributed by atoms with Gasteiger partial charge >= 0.3 is 0 Å². The minimum absolute atomic E-state index is 0.101. The SMILES string of the molecule is Cc1cc(C2(c3ccc(O)c(C)c3)CC3CC2CC3C2=CC=C(C3CC4CC3CC4(c3ccc(O)c(C)c3)c3ccc(O)c(C)c3)CC2)ccc1O. The molecule has 9 rings (SSSR count). The Hall–Kier alpha value is -4.44. The van der Waals surface area contributed by atoms with Gasteiger partial charge in [0.25, 0.3) is 0 Å². The van der Waals surface area contributed by atoms with Crippen molar-refractivity contribution < 1.29 is 20.4 Å². The van der Waals surface area contributed by atoms with E-state index in [1.165, 1.54) is 47.9 Å². The van der Waals surface area contributed by atoms with Crippen LogP contribution in [0.4, 0.5) is 0 Å². The Morgan fingerprint density at radius 3 is 0.981 bits per heavy atom. The van der Waals surface area contributed by atoms with Gasteiger partial charge in [-0.05, 0) is 183 Å². The van der Waals surface area contributed by atoms with Crippen molar-refractivity contribution in [1.29, 1.82) is 0 Å². The highest BCUT2D eigenvalue weighted by Gasteiger charge is 2.59. The first-order chi connectivity index (χ1) is 25.0. The van der Waals surface area contributed by atoms with E-state index in [1.54, 1.807) is 11.1 Å². The maximum Gasteiger partial charge on any atom is 0.118 e. The van der Waals surface area contributed by atoms with E-state index in [1.807, 2.05) is 52.0 Å². The van der Waals surface area contributed by atoms with Crippen LogP contribution in [0.5, 0.6) is 23.0 Å². The third-order valence-electron chi connectivity index (χ3n) is 15.0. The largest absolute Gasteiger partial charge is 0.508 e. The molecule has 6 unspecified atom stereocenters. The zero-order valence-corrected chi connectivity index (χ0v) is 31.0. The molecule has 4 N–H and O–H groups in total. The molecule has 4 aromatic rings. The molecule has 4 bridgehead atoms. The average Bonchev–Trinajstić information content (AvgIpc) is 3.93. The van der Waals surface area contributed by atoms with E-state index >= 15 is 0 Å². The van der Waals surface area contributed by atoms with Gasteiger partial charge in [-0.1, -0.05) is 71.8 Å². The number of rotatable bonds is 6. The van der Waals surface area contributed by atoms with E-state index in [0.29, 0.717) is 58.5 Å². The topological polar surface area (TPSA) is 80.9 Å². The zero-order valence-electron chi connectivity index (χ0n) is 31.0. The van der Waals surface area contributed by atoms with Crippen LogP contribution in [0.1, 0.15) is 95.9 Å². The Bertz CT molecular complexity index is 1900. The first kappa shape index (κ1) is 33.4. The van der Waals surface area contributed by atoms with Crippen molar-refractivity contribution in [2.24, 2.45) is 35.5 Å². The molecule has 4 aromatic carbocycles. The van der Waals surface area contributed by atoms with Gasteiger partial charge in [0, 0.05) is 10.8 Å². The van der Waals surface area contributed by atoms with Crippen molar-refractivity contribution in [1.82, 2.24) is 0 Å². The molecule has 0 amide bonds. The summed E-state index contributed by atoms with van der Waals surface area (Å²) in [6, 6.07) is 24.9. The third kappa shape index (κ3) is 4.92. The summed E-state index contributed by atoms with van der Waals surface area (Å²) < 4.78 is 0. The summed E-state index contributed by atoms with van der Waals surface area (Å²) in [6.07, 6.45) is 14.4. The van der Waals surface area contributed by atoms with Crippen LogP contribution in [0.25, 0.3) is 0 Å². The number of allylic oxidation sites excluding steroid dienone is 4. The van der Waals surface area contributed by atoms with Crippen LogP contribution in [0, 0.1) is 63.2 Å². The van der Waals surface area contributed by atoms with E-state index in [0.717, 1.165) is 47.9 Å². The van der Waals surface area contributed by atoms with Crippen molar-refractivity contribution in [3.8, 4) is 23.0 Å². The summed E-state index contributed by atoms with van der Waals surface area (Å²) in [5.41, 5.74) is 12.0. The van der Waals surface area contributed by atoms with Crippen LogP contribution in [0.3, 0.4) is 0 Å². The standard InChI is InChI=1S/C48H52O4/c1-27-17-35(9-13-43(27)49)47(36-10-14-44(50)28(2)18-36)25-33-21-39(47)23-41(33)31-5-7-32(8-6-31)42-24-40-22-34(42)26-48(40,37-11-15-45(51)29(3)19-37)38-12-16-46(52)30(4)20-38/h5,7,9-20,33-34,39-42,49-52H,6,8,21-26H2,1-4H3. The first-order valence-electron chi connectivity index (χ1n) is 19.6. The smallest absolute Gasteiger partial charge is 0.118 e. The molecule has 0 spiro atoms. The number of hydrogen-bond donors (Lipinski definition) is 4. The van der Waals surface area contributed by atoms with Crippen molar-refractivity contribution in [2.75, 3.05) is 0 Å². The predicted molar refractivity (Wildman–Crippen MR) is 207 cm³/mol. The summed E-state index contributed by atoms with van der Waals surface area (Å²) in [5, 5.41) is 41.6. The number of phenols is 4. The summed E-state index contributed by atoms with van der Waals surface area (Å²) in [6.45, 7) is 8.00. The fourth-order valence-electron chi connectivity index (χ4n) is 12.3. The predicted octanol–water partition coefficient (Wildman–Crippen LogP) is 10.8. The Labute approximate surface area is 308 Å². The fourth-order valence-corrected chi connectivity index (χ4v) is 12.3. The molecule has 0 aliphatic heterocycles. The molecule has 268 valence electrons. The molecule has 0 radical (unpaired) electrons. The lowest BCUT2D eigenvalue weighted by molar-refractivity contribution is 0.261. The van der Waals surface area contributed by atoms with Gasteiger partial charge in [-0.3, -0.25) is 0 Å². The molecule has 4 heteroatoms. The van der Waals surface area contributed by atoms with Gasteiger partial charge in [0.2, 0.25) is 0 Å². The van der Waals surface area contributed by atoms with Gasteiger partial charge in [0.15, 0.2) is 0 Å². The van der Waals surface area contributed by atoms with Crippen LogP contribution in [-0.4, -0.2) is 20.4 Å². The van der Waals surface area contributed by atoms with Gasteiger partial charge in [-0.25, -0.2) is 0 Å². The Morgan fingerprint density at radius 1 is 0.442 bits per heavy atom. The van der Waals surface area contributed by atoms with Gasteiger partial charge in [-0.15, -0.1) is 0 Å². The van der Waals surface area contributed by atoms with Crippen LogP contribution >= 0.6 is 0 Å². The minimum atomic E-state index is -0.101. The maximum atomic E-state index is 10.4.